The van der Waals surface area contributed by atoms with E-state index in [0.717, 1.165) is 31.4 Å². The van der Waals surface area contributed by atoms with Crippen LogP contribution in [0.5, 0.6) is 0 Å². The van der Waals surface area contributed by atoms with Crippen molar-refractivity contribution in [2.45, 2.75) is 73.3 Å². The predicted molar refractivity (Wildman–Crippen MR) is 112 cm³/mol. The van der Waals surface area contributed by atoms with Crippen molar-refractivity contribution in [1.82, 2.24) is 0 Å². The molecule has 0 bridgehead atoms. The van der Waals surface area contributed by atoms with Gasteiger partial charge in [-0.3, -0.25) is 4.99 Å². The Balaban J connectivity index is 2.31. The topological polar surface area (TPSA) is 12.4 Å². The van der Waals surface area contributed by atoms with Crippen molar-refractivity contribution in [3.05, 3.63) is 64.3 Å². The van der Waals surface area contributed by atoms with Gasteiger partial charge >= 0.3 is 0 Å². The zero-order valence-corrected chi connectivity index (χ0v) is 16.7. The van der Waals surface area contributed by atoms with Crippen molar-refractivity contribution in [3.8, 4) is 0 Å². The van der Waals surface area contributed by atoms with Crippen LogP contribution in [0.4, 0.5) is 0 Å². The van der Waals surface area contributed by atoms with Crippen LogP contribution in [0.1, 0.15) is 77.0 Å². The molecular weight excluding hydrogens is 302 g/mol. The van der Waals surface area contributed by atoms with Gasteiger partial charge in [0.25, 0.3) is 0 Å². The van der Waals surface area contributed by atoms with Crippen LogP contribution in [0.3, 0.4) is 0 Å². The Kier molecular flexibility index (Phi) is 6.99. The van der Waals surface area contributed by atoms with Gasteiger partial charge in [0.05, 0.1) is 6.54 Å². The van der Waals surface area contributed by atoms with Crippen LogP contribution in [0.2, 0.25) is 0 Å². The van der Waals surface area contributed by atoms with Crippen LogP contribution in [0.25, 0.3) is 5.57 Å². The number of aliphatic imine (C=N–C) groups is 1. The molecule has 0 N–H and O–H groups in total. The summed E-state index contributed by atoms with van der Waals surface area (Å²) in [5, 5.41) is 0. The molecule has 0 fully saturated rings. The smallest absolute Gasteiger partial charge is 0.0639 e. The molecule has 2 rings (SSSR count). The number of benzene rings is 1. The van der Waals surface area contributed by atoms with E-state index in [1.807, 2.05) is 0 Å². The first-order chi connectivity index (χ1) is 11.9. The number of nitrogens with zero attached hydrogens (tertiary/aromatic N) is 1. The van der Waals surface area contributed by atoms with Crippen LogP contribution in [-0.4, -0.2) is 5.71 Å². The molecule has 1 heteroatoms. The van der Waals surface area contributed by atoms with Crippen LogP contribution < -0.4 is 0 Å². The van der Waals surface area contributed by atoms with E-state index >= 15 is 0 Å². The van der Waals surface area contributed by atoms with Crippen LogP contribution in [-0.2, 0) is 13.0 Å². The summed E-state index contributed by atoms with van der Waals surface area (Å²) in [6.45, 7) is 15.9. The van der Waals surface area contributed by atoms with Crippen molar-refractivity contribution in [2.24, 2.45) is 4.99 Å². The van der Waals surface area contributed by atoms with Gasteiger partial charge in [-0.05, 0) is 75.6 Å². The SMILES string of the molecule is C=C(C)c1ccc(CN=C(C)CCC)cc1CC1=C(C)CCC=C1C. The third-order valence-corrected chi connectivity index (χ3v) is 5.10. The normalized spacial score (nSPS) is 15.4. The number of hydrogen-bond donors (Lipinski definition) is 0. The maximum atomic E-state index is 4.75. The maximum absolute atomic E-state index is 4.75. The monoisotopic (exact) mass is 335 g/mol. The summed E-state index contributed by atoms with van der Waals surface area (Å²) in [5.41, 5.74) is 10.9. The van der Waals surface area contributed by atoms with E-state index in [1.54, 1.807) is 0 Å². The molecule has 0 aliphatic heterocycles. The summed E-state index contributed by atoms with van der Waals surface area (Å²) in [6, 6.07) is 6.78. The summed E-state index contributed by atoms with van der Waals surface area (Å²) in [7, 11) is 0. The van der Waals surface area contributed by atoms with Crippen molar-refractivity contribution >= 4 is 11.3 Å². The van der Waals surface area contributed by atoms with Crippen LogP contribution in [0, 0.1) is 0 Å². The number of hydrogen-bond acceptors (Lipinski definition) is 1. The molecule has 1 aliphatic rings. The highest BCUT2D eigenvalue weighted by Crippen LogP contribution is 2.30. The first kappa shape index (κ1) is 19.4. The average Bonchev–Trinajstić information content (AvgIpc) is 2.56. The maximum Gasteiger partial charge on any atom is 0.0639 e. The first-order valence-electron chi connectivity index (χ1n) is 9.55. The summed E-state index contributed by atoms with van der Waals surface area (Å²) in [4.78, 5) is 4.75. The molecule has 0 unspecified atom stereocenters. The highest BCUT2D eigenvalue weighted by Gasteiger charge is 2.13. The summed E-state index contributed by atoms with van der Waals surface area (Å²) < 4.78 is 0. The molecule has 0 atom stereocenters. The van der Waals surface area contributed by atoms with Gasteiger partial charge in [0, 0.05) is 5.71 Å². The summed E-state index contributed by atoms with van der Waals surface area (Å²) >= 11 is 0. The molecule has 25 heavy (non-hydrogen) atoms. The molecule has 1 aromatic rings. The largest absolute Gasteiger partial charge is 0.290 e. The fraction of sp³-hybridized carbons (Fsp3) is 0.458. The van der Waals surface area contributed by atoms with Crippen molar-refractivity contribution in [1.29, 1.82) is 0 Å². The van der Waals surface area contributed by atoms with Crippen LogP contribution in [0.15, 0.2) is 52.6 Å². The molecule has 0 saturated heterocycles. The Morgan fingerprint density at radius 3 is 2.60 bits per heavy atom. The molecular formula is C24H33N. The summed E-state index contributed by atoms with van der Waals surface area (Å²) in [5.74, 6) is 0. The minimum atomic E-state index is 0.780. The zero-order valence-electron chi connectivity index (χ0n) is 16.7. The second kappa shape index (κ2) is 8.99. The fourth-order valence-electron chi connectivity index (χ4n) is 3.57. The van der Waals surface area contributed by atoms with Gasteiger partial charge in [-0.25, -0.2) is 0 Å². The Labute approximate surface area is 154 Å². The average molecular weight is 336 g/mol. The highest BCUT2D eigenvalue weighted by molar-refractivity contribution is 5.81. The Morgan fingerprint density at radius 2 is 1.96 bits per heavy atom. The third-order valence-electron chi connectivity index (χ3n) is 5.10. The van der Waals surface area contributed by atoms with E-state index < -0.39 is 0 Å². The van der Waals surface area contributed by atoms with Gasteiger partial charge in [-0.2, -0.15) is 0 Å². The van der Waals surface area contributed by atoms with Gasteiger partial charge < -0.3 is 0 Å². The standard InChI is InChI=1S/C24H33N/c1-7-9-20(6)25-16-21-12-13-23(17(2)3)22(14-21)15-24-18(4)10-8-11-19(24)5/h10,12-14H,2,7-9,11,15-16H2,1,3-6H3. The van der Waals surface area contributed by atoms with E-state index in [0.29, 0.717) is 0 Å². The quantitative estimate of drug-likeness (QED) is 0.472. The molecule has 0 saturated carbocycles. The van der Waals surface area contributed by atoms with Crippen molar-refractivity contribution in [3.63, 3.8) is 0 Å². The zero-order chi connectivity index (χ0) is 18.4. The van der Waals surface area contributed by atoms with Gasteiger partial charge in [0.1, 0.15) is 0 Å². The lowest BCUT2D eigenvalue weighted by Crippen LogP contribution is -2.04. The molecule has 0 aromatic heterocycles. The molecule has 1 aliphatic carbocycles. The molecule has 1 aromatic carbocycles. The van der Waals surface area contributed by atoms with E-state index in [1.165, 1.54) is 52.0 Å². The molecule has 0 spiro atoms. The highest BCUT2D eigenvalue weighted by atomic mass is 14.7. The van der Waals surface area contributed by atoms with Gasteiger partial charge in [-0.1, -0.05) is 60.9 Å². The molecule has 134 valence electrons. The minimum Gasteiger partial charge on any atom is -0.290 e. The summed E-state index contributed by atoms with van der Waals surface area (Å²) in [6.07, 6.45) is 8.00. The van der Waals surface area contributed by atoms with E-state index in [4.69, 9.17) is 4.99 Å². The lowest BCUT2D eigenvalue weighted by atomic mass is 9.86. The Bertz CT molecular complexity index is 728. The predicted octanol–water partition coefficient (Wildman–Crippen LogP) is 7.08. The fourth-order valence-corrected chi connectivity index (χ4v) is 3.57. The number of rotatable bonds is 7. The van der Waals surface area contributed by atoms with Gasteiger partial charge in [0.15, 0.2) is 0 Å². The number of allylic oxidation sites excluding steroid dienone is 5. The second-order valence-electron chi connectivity index (χ2n) is 7.43. The first-order valence-corrected chi connectivity index (χ1v) is 9.55. The molecule has 1 nitrogen and oxygen atoms in total. The Morgan fingerprint density at radius 1 is 1.20 bits per heavy atom. The van der Waals surface area contributed by atoms with E-state index in [-0.39, 0.29) is 0 Å². The van der Waals surface area contributed by atoms with Gasteiger partial charge in [0.2, 0.25) is 0 Å². The van der Waals surface area contributed by atoms with E-state index in [9.17, 15) is 0 Å². The lowest BCUT2D eigenvalue weighted by molar-refractivity contribution is 0.894. The molecule has 0 radical (unpaired) electrons. The molecule has 0 amide bonds. The van der Waals surface area contributed by atoms with Crippen molar-refractivity contribution < 1.29 is 0 Å². The lowest BCUT2D eigenvalue weighted by Gasteiger charge is -2.20. The van der Waals surface area contributed by atoms with E-state index in [2.05, 4.69) is 65.5 Å². The Hall–Kier alpha value is -1.89. The van der Waals surface area contributed by atoms with Crippen LogP contribution >= 0.6 is 0 Å². The van der Waals surface area contributed by atoms with Crippen molar-refractivity contribution in [2.75, 3.05) is 0 Å². The minimum absolute atomic E-state index is 0.780. The molecule has 0 heterocycles. The second-order valence-corrected chi connectivity index (χ2v) is 7.43. The van der Waals surface area contributed by atoms with Gasteiger partial charge in [-0.15, -0.1) is 0 Å². The third kappa shape index (κ3) is 5.29.